The van der Waals surface area contributed by atoms with E-state index >= 15 is 0 Å². The van der Waals surface area contributed by atoms with Gasteiger partial charge in [0, 0.05) is 0 Å². The van der Waals surface area contributed by atoms with Crippen LogP contribution in [0.15, 0.2) is 0 Å². The summed E-state index contributed by atoms with van der Waals surface area (Å²) in [5.41, 5.74) is 6.36. The highest BCUT2D eigenvalue weighted by molar-refractivity contribution is 7.17. The number of nitrogens with two attached hydrogens (primary N) is 2. The zero-order chi connectivity index (χ0) is 13.6. The molecule has 0 saturated heterocycles. The highest BCUT2D eigenvalue weighted by Crippen LogP contribution is 2.00. The van der Waals surface area contributed by atoms with Crippen molar-refractivity contribution in [3.05, 3.63) is 0 Å². The van der Waals surface area contributed by atoms with E-state index in [1.807, 2.05) is 0 Å². The number of rotatable bonds is 4. The number of guanidine groups is 1. The Hall–Kier alpha value is -0.420. The molecule has 0 amide bonds. The molecule has 0 rings (SSSR count). The molecule has 0 heterocycles. The van der Waals surface area contributed by atoms with E-state index in [4.69, 9.17) is 20.7 Å². The summed E-state index contributed by atoms with van der Waals surface area (Å²) in [5, 5.41) is 28.8. The third-order valence-corrected chi connectivity index (χ3v) is 1.21. The number of hydrogen-bond acceptors (Lipinski definition) is 4. The van der Waals surface area contributed by atoms with Gasteiger partial charge in [-0.05, 0) is 9.24 Å². The number of hydrogen-bond donors (Lipinski definition) is 6. The van der Waals surface area contributed by atoms with Crippen LogP contribution in [-0.4, -0.2) is 27.0 Å². The summed E-state index contributed by atoms with van der Waals surface area (Å²) >= 11 is 0. The van der Waals surface area contributed by atoms with Crippen LogP contribution in [0.2, 0.25) is 0 Å². The van der Waals surface area contributed by atoms with E-state index in [0.717, 1.165) is 0 Å². The Labute approximate surface area is 99.7 Å². The second kappa shape index (κ2) is 14.6. The van der Waals surface area contributed by atoms with Crippen molar-refractivity contribution in [2.24, 2.45) is 11.5 Å². The molecule has 0 aromatic heterocycles. The molecule has 0 radical (unpaired) electrons. The molecule has 6 nitrogen and oxygen atoms in total. The molecule has 7 heteroatoms. The summed E-state index contributed by atoms with van der Waals surface area (Å²) in [6.07, 6.45) is 7.01. The lowest BCUT2D eigenvalue weighted by molar-refractivity contribution is -0.235. The fraction of sp³-hybridized carbons (Fsp3) is 0.889. The van der Waals surface area contributed by atoms with E-state index in [9.17, 15) is 0 Å². The molecule has 0 aliphatic rings. The molecule has 100 valence electrons. The molecule has 0 saturated carbocycles. The molecular formula is C9H26N3O3P. The zero-order valence-electron chi connectivity index (χ0n) is 10.1. The van der Waals surface area contributed by atoms with Gasteiger partial charge in [0.1, 0.15) is 0 Å². The van der Waals surface area contributed by atoms with Crippen LogP contribution in [0.3, 0.4) is 0 Å². The van der Waals surface area contributed by atoms with E-state index in [0.29, 0.717) is 0 Å². The molecule has 0 aromatic carbocycles. The third kappa shape index (κ3) is 168. The van der Waals surface area contributed by atoms with Crippen LogP contribution >= 0.6 is 9.24 Å². The van der Waals surface area contributed by atoms with Gasteiger partial charge in [-0.15, -0.1) is 0 Å². The summed E-state index contributed by atoms with van der Waals surface area (Å²) in [6, 6.07) is 0. The summed E-state index contributed by atoms with van der Waals surface area (Å²) in [4.78, 5) is 0. The molecule has 0 fully saturated rings. The molecule has 1 atom stereocenters. The summed E-state index contributed by atoms with van der Waals surface area (Å²) in [7, 11) is 1.38. The molecule has 1 unspecified atom stereocenters. The minimum Gasteiger partial charge on any atom is -0.370 e. The average molecular weight is 255 g/mol. The minimum atomic E-state index is -2.58. The van der Waals surface area contributed by atoms with E-state index in [-0.39, 0.29) is 5.96 Å². The van der Waals surface area contributed by atoms with Crippen LogP contribution in [0.1, 0.15) is 46.0 Å². The largest absolute Gasteiger partial charge is 0.370 e. The average Bonchev–Trinajstić information content (AvgIpc) is 2.01. The van der Waals surface area contributed by atoms with E-state index in [2.05, 4.69) is 25.3 Å². The monoisotopic (exact) mass is 255 g/mol. The number of nitrogens with one attached hydrogen (secondary N) is 1. The Bertz CT molecular complexity index is 137. The van der Waals surface area contributed by atoms with Crippen molar-refractivity contribution < 1.29 is 15.3 Å². The molecule has 8 N–H and O–H groups in total. The van der Waals surface area contributed by atoms with Crippen LogP contribution in [-0.2, 0) is 0 Å². The lowest BCUT2D eigenvalue weighted by Crippen LogP contribution is -2.20. The lowest BCUT2D eigenvalue weighted by Gasteiger charge is -2.01. The van der Waals surface area contributed by atoms with E-state index < -0.39 is 5.71 Å². The van der Waals surface area contributed by atoms with Gasteiger partial charge in [-0.3, -0.25) is 5.41 Å². The lowest BCUT2D eigenvalue weighted by atomic mass is 10.2. The van der Waals surface area contributed by atoms with Crippen molar-refractivity contribution in [1.82, 2.24) is 0 Å². The predicted octanol–water partition coefficient (Wildman–Crippen LogP) is 0.265. The first-order valence-electron chi connectivity index (χ1n) is 5.20. The molecule has 0 aromatic rings. The van der Waals surface area contributed by atoms with Crippen molar-refractivity contribution in [3.63, 3.8) is 0 Å². The fourth-order valence-corrected chi connectivity index (χ4v) is 0.677. The van der Waals surface area contributed by atoms with Gasteiger partial charge in [-0.25, -0.2) is 0 Å². The van der Waals surface area contributed by atoms with Gasteiger partial charge in [0.05, 0.1) is 0 Å². The first-order valence-corrected chi connectivity index (χ1v) is 5.78. The fourth-order valence-electron chi connectivity index (χ4n) is 0.677. The maximum absolute atomic E-state index is 7.59. The highest BCUT2D eigenvalue weighted by atomic mass is 31.0. The Morgan fingerprint density at radius 2 is 1.25 bits per heavy atom. The number of unbranched alkanes of at least 4 members (excludes halogenated alkanes) is 4. The zero-order valence-corrected chi connectivity index (χ0v) is 11.3. The van der Waals surface area contributed by atoms with Crippen molar-refractivity contribution >= 4 is 15.2 Å². The van der Waals surface area contributed by atoms with Gasteiger partial charge < -0.3 is 26.8 Å². The predicted molar refractivity (Wildman–Crippen MR) is 69.6 cm³/mol. The maximum atomic E-state index is 7.59. The van der Waals surface area contributed by atoms with Gasteiger partial charge in [-0.1, -0.05) is 46.0 Å². The standard InChI is InChI=1S/C7H16.CH5N3.CH5O3P/c1-3-5-7-6-4-2;2-1(3)4;2-1(3,4)5/h3-7H2,1-2H3;(H5,2,3,4);2-4H,5H2. The summed E-state index contributed by atoms with van der Waals surface area (Å²) in [5.74, 6) is -0.333. The Kier molecular flexibility index (Phi) is 19.1. The number of aliphatic hydroxyl groups is 3. The van der Waals surface area contributed by atoms with E-state index in [1.165, 1.54) is 41.3 Å². The first kappa shape index (κ1) is 20.9. The Morgan fingerprint density at radius 1 is 1.06 bits per heavy atom. The van der Waals surface area contributed by atoms with Crippen molar-refractivity contribution in [2.45, 2.75) is 51.7 Å². The van der Waals surface area contributed by atoms with Gasteiger partial charge in [0.2, 0.25) is 0 Å². The smallest absolute Gasteiger partial charge is 0.287 e. The van der Waals surface area contributed by atoms with Crippen LogP contribution in [0.25, 0.3) is 0 Å². The van der Waals surface area contributed by atoms with Gasteiger partial charge in [0.25, 0.3) is 5.71 Å². The quantitative estimate of drug-likeness (QED) is 0.141. The van der Waals surface area contributed by atoms with Crippen LogP contribution < -0.4 is 11.5 Å². The molecule has 0 spiro atoms. The van der Waals surface area contributed by atoms with Gasteiger partial charge >= 0.3 is 0 Å². The summed E-state index contributed by atoms with van der Waals surface area (Å²) < 4.78 is 0. The normalized spacial score (nSPS) is 9.38. The van der Waals surface area contributed by atoms with Crippen molar-refractivity contribution in [3.8, 4) is 0 Å². The van der Waals surface area contributed by atoms with Crippen molar-refractivity contribution in [2.75, 3.05) is 0 Å². The van der Waals surface area contributed by atoms with E-state index in [1.54, 1.807) is 0 Å². The Balaban J connectivity index is -0.000000166. The van der Waals surface area contributed by atoms with Gasteiger partial charge in [-0.2, -0.15) is 0 Å². The third-order valence-electron chi connectivity index (χ3n) is 1.21. The molecule has 0 aliphatic heterocycles. The first-order chi connectivity index (χ1) is 7.15. The second-order valence-corrected chi connectivity index (χ2v) is 3.98. The van der Waals surface area contributed by atoms with Crippen LogP contribution in [0.4, 0.5) is 0 Å². The summed E-state index contributed by atoms with van der Waals surface area (Å²) in [6.45, 7) is 4.49. The van der Waals surface area contributed by atoms with Crippen molar-refractivity contribution in [1.29, 1.82) is 5.41 Å². The SMILES string of the molecule is CCCCCCC.N=C(N)N.OC(O)(O)P. The molecular weight excluding hydrogens is 229 g/mol. The van der Waals surface area contributed by atoms with Crippen LogP contribution in [0.5, 0.6) is 0 Å². The second-order valence-electron chi connectivity index (χ2n) is 3.20. The topological polar surface area (TPSA) is 137 Å². The minimum absolute atomic E-state index is 0.333. The highest BCUT2D eigenvalue weighted by Gasteiger charge is 2.03. The Morgan fingerprint density at radius 3 is 1.38 bits per heavy atom. The van der Waals surface area contributed by atoms with Crippen LogP contribution in [0, 0.1) is 5.41 Å². The molecule has 0 bridgehead atoms. The van der Waals surface area contributed by atoms with Gasteiger partial charge in [0.15, 0.2) is 5.96 Å². The molecule has 16 heavy (non-hydrogen) atoms. The molecule has 0 aliphatic carbocycles. The maximum Gasteiger partial charge on any atom is 0.287 e.